The molecule has 0 unspecified atom stereocenters. The Labute approximate surface area is 119 Å². The van der Waals surface area contributed by atoms with E-state index in [1.54, 1.807) is 17.0 Å². The Morgan fingerprint density at radius 1 is 1.45 bits per heavy atom. The molecule has 1 aliphatic heterocycles. The first kappa shape index (κ1) is 13.6. The summed E-state index contributed by atoms with van der Waals surface area (Å²) < 4.78 is 7.58. The predicted molar refractivity (Wildman–Crippen MR) is 77.9 cm³/mol. The fourth-order valence-corrected chi connectivity index (χ4v) is 3.03. The minimum atomic E-state index is 0.00927. The summed E-state index contributed by atoms with van der Waals surface area (Å²) in [6.07, 6.45) is 7.06. The molecule has 1 aromatic heterocycles. The molecule has 1 N–H and O–H groups in total. The van der Waals surface area contributed by atoms with E-state index in [9.17, 15) is 4.79 Å². The van der Waals surface area contributed by atoms with Gasteiger partial charge in [-0.3, -0.25) is 4.79 Å². The molecular weight excluding hydrogens is 254 g/mol. The third-order valence-corrected chi connectivity index (χ3v) is 4.26. The van der Waals surface area contributed by atoms with Crippen molar-refractivity contribution < 1.29 is 4.74 Å². The zero-order chi connectivity index (χ0) is 14.1. The van der Waals surface area contributed by atoms with Crippen LogP contribution < -0.4 is 10.9 Å². The van der Waals surface area contributed by atoms with Gasteiger partial charge in [0.25, 0.3) is 5.56 Å². The summed E-state index contributed by atoms with van der Waals surface area (Å²) in [4.78, 5) is 16.5. The zero-order valence-corrected chi connectivity index (χ0v) is 12.2. The van der Waals surface area contributed by atoms with Gasteiger partial charge >= 0.3 is 0 Å². The number of nitrogens with one attached hydrogen (secondary N) is 1. The average Bonchev–Trinajstić information content (AvgIpc) is 3.15. The molecule has 110 valence electrons. The topological polar surface area (TPSA) is 56.1 Å². The average molecular weight is 277 g/mol. The highest BCUT2D eigenvalue weighted by atomic mass is 16.5. The maximum absolute atomic E-state index is 12.3. The molecule has 3 rings (SSSR count). The highest BCUT2D eigenvalue weighted by Crippen LogP contribution is 2.33. The maximum atomic E-state index is 12.3. The molecule has 0 amide bonds. The van der Waals surface area contributed by atoms with Crippen LogP contribution in [0.4, 0.5) is 5.82 Å². The fourth-order valence-electron chi connectivity index (χ4n) is 3.03. The summed E-state index contributed by atoms with van der Waals surface area (Å²) in [6, 6.07) is 0.393. The van der Waals surface area contributed by atoms with Crippen molar-refractivity contribution in [2.45, 2.75) is 45.3 Å². The Balaban J connectivity index is 1.66. The molecule has 0 bridgehead atoms. The van der Waals surface area contributed by atoms with Crippen molar-refractivity contribution in [1.29, 1.82) is 0 Å². The van der Waals surface area contributed by atoms with Crippen LogP contribution in [0, 0.1) is 11.8 Å². The Bertz CT molecular complexity index is 522. The first-order valence-corrected chi connectivity index (χ1v) is 7.59. The predicted octanol–water partition coefficient (Wildman–Crippen LogP) is 2.05. The second-order valence-electron chi connectivity index (χ2n) is 6.23. The summed E-state index contributed by atoms with van der Waals surface area (Å²) in [5, 5.41) is 3.24. The van der Waals surface area contributed by atoms with Crippen molar-refractivity contribution in [2.24, 2.45) is 11.8 Å². The molecule has 2 aliphatic rings. The van der Waals surface area contributed by atoms with Gasteiger partial charge in [-0.1, -0.05) is 13.8 Å². The van der Waals surface area contributed by atoms with Gasteiger partial charge < -0.3 is 14.6 Å². The molecular formula is C15H23N3O2. The van der Waals surface area contributed by atoms with Crippen LogP contribution >= 0.6 is 0 Å². The van der Waals surface area contributed by atoms with Crippen LogP contribution in [0.1, 0.15) is 39.2 Å². The van der Waals surface area contributed by atoms with E-state index in [4.69, 9.17) is 4.74 Å². The van der Waals surface area contributed by atoms with Crippen LogP contribution in [0.15, 0.2) is 17.2 Å². The minimum absolute atomic E-state index is 0.00927. The maximum Gasteiger partial charge on any atom is 0.293 e. The van der Waals surface area contributed by atoms with Crippen molar-refractivity contribution in [3.05, 3.63) is 22.7 Å². The Morgan fingerprint density at radius 3 is 2.95 bits per heavy atom. The summed E-state index contributed by atoms with van der Waals surface area (Å²) in [5.41, 5.74) is 0.00927. The van der Waals surface area contributed by atoms with Gasteiger partial charge in [0.2, 0.25) is 0 Å². The lowest BCUT2D eigenvalue weighted by Gasteiger charge is -2.22. The van der Waals surface area contributed by atoms with E-state index >= 15 is 0 Å². The molecule has 1 saturated carbocycles. The SMILES string of the molecule is CC(C)[C@H]1OCC[C@@H]1CNc1nccn(C2CC2)c1=O. The van der Waals surface area contributed by atoms with Gasteiger partial charge in [-0.15, -0.1) is 0 Å². The molecule has 20 heavy (non-hydrogen) atoms. The summed E-state index contributed by atoms with van der Waals surface area (Å²) >= 11 is 0. The number of ether oxygens (including phenoxy) is 1. The molecule has 1 aromatic rings. The van der Waals surface area contributed by atoms with E-state index in [1.165, 1.54) is 0 Å². The molecule has 2 heterocycles. The normalized spacial score (nSPS) is 26.1. The highest BCUT2D eigenvalue weighted by Gasteiger charge is 2.31. The van der Waals surface area contributed by atoms with Crippen LogP contribution in [-0.4, -0.2) is 28.8 Å². The molecule has 5 heteroatoms. The monoisotopic (exact) mass is 277 g/mol. The molecule has 5 nitrogen and oxygen atoms in total. The number of aromatic nitrogens is 2. The second-order valence-corrected chi connectivity index (χ2v) is 6.23. The van der Waals surface area contributed by atoms with E-state index < -0.39 is 0 Å². The van der Waals surface area contributed by atoms with Gasteiger partial charge in [-0.25, -0.2) is 4.98 Å². The Morgan fingerprint density at radius 2 is 2.25 bits per heavy atom. The van der Waals surface area contributed by atoms with Gasteiger partial charge in [-0.2, -0.15) is 0 Å². The van der Waals surface area contributed by atoms with Crippen molar-refractivity contribution in [2.75, 3.05) is 18.5 Å². The molecule has 2 atom stereocenters. The van der Waals surface area contributed by atoms with E-state index in [0.717, 1.165) is 32.4 Å². The quantitative estimate of drug-likeness (QED) is 0.895. The molecule has 2 fully saturated rings. The van der Waals surface area contributed by atoms with E-state index in [-0.39, 0.29) is 11.7 Å². The molecule has 0 aromatic carbocycles. The van der Waals surface area contributed by atoms with Gasteiger partial charge in [0.05, 0.1) is 6.10 Å². The van der Waals surface area contributed by atoms with E-state index in [1.807, 2.05) is 0 Å². The summed E-state index contributed by atoms with van der Waals surface area (Å²) in [5.74, 6) is 1.45. The van der Waals surface area contributed by atoms with Gasteiger partial charge in [-0.05, 0) is 25.2 Å². The van der Waals surface area contributed by atoms with Crippen LogP contribution in [0.3, 0.4) is 0 Å². The van der Waals surface area contributed by atoms with Gasteiger partial charge in [0.15, 0.2) is 5.82 Å². The number of rotatable bonds is 5. The smallest absolute Gasteiger partial charge is 0.293 e. The van der Waals surface area contributed by atoms with Crippen LogP contribution in [0.2, 0.25) is 0 Å². The van der Waals surface area contributed by atoms with Crippen molar-refractivity contribution >= 4 is 5.82 Å². The standard InChI is InChI=1S/C15H23N3O2/c1-10(2)13-11(5-8-20-13)9-17-14-15(19)18(7-6-16-14)12-3-4-12/h6-7,10-13H,3-5,8-9H2,1-2H3,(H,16,17)/t11-,13-/m1/s1. The van der Waals surface area contributed by atoms with Crippen LogP contribution in [0.5, 0.6) is 0 Å². The minimum Gasteiger partial charge on any atom is -0.378 e. The molecule has 1 aliphatic carbocycles. The molecule has 0 spiro atoms. The first-order valence-electron chi connectivity index (χ1n) is 7.59. The van der Waals surface area contributed by atoms with Crippen molar-refractivity contribution in [3.8, 4) is 0 Å². The van der Waals surface area contributed by atoms with Gasteiger partial charge in [0, 0.05) is 37.5 Å². The summed E-state index contributed by atoms with van der Waals surface area (Å²) in [7, 11) is 0. The highest BCUT2D eigenvalue weighted by molar-refractivity contribution is 5.31. The van der Waals surface area contributed by atoms with Crippen LogP contribution in [-0.2, 0) is 4.74 Å². The number of anilines is 1. The fraction of sp³-hybridized carbons (Fsp3) is 0.733. The zero-order valence-electron chi connectivity index (χ0n) is 12.2. The third kappa shape index (κ3) is 2.73. The third-order valence-electron chi connectivity index (χ3n) is 4.26. The largest absolute Gasteiger partial charge is 0.378 e. The van der Waals surface area contributed by atoms with Crippen molar-refractivity contribution in [3.63, 3.8) is 0 Å². The first-order chi connectivity index (χ1) is 9.66. The lowest BCUT2D eigenvalue weighted by atomic mass is 9.93. The van der Waals surface area contributed by atoms with E-state index in [0.29, 0.717) is 23.7 Å². The number of hydrogen-bond acceptors (Lipinski definition) is 4. The molecule has 1 saturated heterocycles. The van der Waals surface area contributed by atoms with Crippen LogP contribution in [0.25, 0.3) is 0 Å². The summed E-state index contributed by atoms with van der Waals surface area (Å²) in [6.45, 7) is 5.96. The Hall–Kier alpha value is -1.36. The second kappa shape index (κ2) is 5.56. The lowest BCUT2D eigenvalue weighted by Crippen LogP contribution is -2.31. The van der Waals surface area contributed by atoms with Gasteiger partial charge in [0.1, 0.15) is 0 Å². The number of hydrogen-bond donors (Lipinski definition) is 1. The number of nitrogens with zero attached hydrogens (tertiary/aromatic N) is 2. The molecule has 0 radical (unpaired) electrons. The van der Waals surface area contributed by atoms with E-state index in [2.05, 4.69) is 24.1 Å². The Kier molecular flexibility index (Phi) is 3.78. The lowest BCUT2D eigenvalue weighted by molar-refractivity contribution is 0.0566. The van der Waals surface area contributed by atoms with Crippen molar-refractivity contribution in [1.82, 2.24) is 9.55 Å².